The minimum absolute atomic E-state index is 0.0231. The molecule has 0 spiro atoms. The van der Waals surface area contributed by atoms with E-state index >= 15 is 0 Å². The molecule has 0 radical (unpaired) electrons. The molecule has 1 amide bonds. The highest BCUT2D eigenvalue weighted by Gasteiger charge is 2.30. The number of carbonyl (C=O) groups is 1. The summed E-state index contributed by atoms with van der Waals surface area (Å²) in [6.07, 6.45) is 0. The molecular formula is C11H13FN2O2. The van der Waals surface area contributed by atoms with Gasteiger partial charge in [-0.3, -0.25) is 4.79 Å². The van der Waals surface area contributed by atoms with E-state index < -0.39 is 5.82 Å². The normalized spacial score (nSPS) is 16.0. The maximum absolute atomic E-state index is 12.9. The average molecular weight is 224 g/mol. The number of benzene rings is 1. The summed E-state index contributed by atoms with van der Waals surface area (Å²) in [5.41, 5.74) is 5.75. The summed E-state index contributed by atoms with van der Waals surface area (Å²) in [5.74, 6) is -0.522. The van der Waals surface area contributed by atoms with Crippen molar-refractivity contribution < 1.29 is 14.3 Å². The Balaban J connectivity index is 2.07. The number of likely N-dealkylation sites (tertiary alicyclic amines) is 1. The van der Waals surface area contributed by atoms with Gasteiger partial charge in [-0.05, 0) is 18.2 Å². The molecule has 1 saturated heterocycles. The lowest BCUT2D eigenvalue weighted by molar-refractivity contribution is 0.0362. The third-order valence-corrected chi connectivity index (χ3v) is 2.75. The highest BCUT2D eigenvalue weighted by atomic mass is 19.1. The lowest BCUT2D eigenvalue weighted by Crippen LogP contribution is -2.51. The topological polar surface area (TPSA) is 66.6 Å². The Morgan fingerprint density at radius 1 is 1.56 bits per heavy atom. The highest BCUT2D eigenvalue weighted by Crippen LogP contribution is 2.20. The SMILES string of the molecule is Nc1cc(C(=O)N2CC(CO)C2)ccc1F. The van der Waals surface area contributed by atoms with Gasteiger partial charge in [-0.2, -0.15) is 0 Å². The molecule has 1 heterocycles. The van der Waals surface area contributed by atoms with E-state index in [0.717, 1.165) is 0 Å². The minimum atomic E-state index is -0.520. The number of aliphatic hydroxyl groups is 1. The van der Waals surface area contributed by atoms with E-state index in [-0.39, 0.29) is 24.1 Å². The van der Waals surface area contributed by atoms with E-state index in [2.05, 4.69) is 0 Å². The van der Waals surface area contributed by atoms with Crippen LogP contribution in [0.3, 0.4) is 0 Å². The van der Waals surface area contributed by atoms with Gasteiger partial charge in [-0.1, -0.05) is 0 Å². The summed E-state index contributed by atoms with van der Waals surface area (Å²) < 4.78 is 12.9. The van der Waals surface area contributed by atoms with E-state index in [4.69, 9.17) is 10.8 Å². The number of nitrogens with zero attached hydrogens (tertiary/aromatic N) is 1. The van der Waals surface area contributed by atoms with Crippen molar-refractivity contribution in [3.63, 3.8) is 0 Å². The largest absolute Gasteiger partial charge is 0.396 e. The number of halogens is 1. The lowest BCUT2D eigenvalue weighted by Gasteiger charge is -2.38. The predicted octanol–water partition coefficient (Wildman–Crippen LogP) is 0.472. The van der Waals surface area contributed by atoms with E-state index in [1.807, 2.05) is 0 Å². The lowest BCUT2D eigenvalue weighted by atomic mass is 10.00. The number of rotatable bonds is 2. The zero-order valence-electron chi connectivity index (χ0n) is 8.69. The standard InChI is InChI=1S/C11H13FN2O2/c12-9-2-1-8(3-10(9)13)11(16)14-4-7(5-14)6-15/h1-3,7,15H,4-6,13H2. The van der Waals surface area contributed by atoms with Crippen LogP contribution in [0, 0.1) is 11.7 Å². The molecule has 2 rings (SSSR count). The first kappa shape index (κ1) is 10.9. The van der Waals surface area contributed by atoms with Crippen LogP contribution < -0.4 is 5.73 Å². The number of nitrogens with two attached hydrogens (primary N) is 1. The van der Waals surface area contributed by atoms with Crippen molar-refractivity contribution in [3.8, 4) is 0 Å². The summed E-state index contributed by atoms with van der Waals surface area (Å²) in [4.78, 5) is 13.4. The molecule has 1 aromatic rings. The number of carbonyl (C=O) groups excluding carboxylic acids is 1. The van der Waals surface area contributed by atoms with Gasteiger partial charge in [-0.25, -0.2) is 4.39 Å². The fourth-order valence-electron chi connectivity index (χ4n) is 1.71. The second kappa shape index (κ2) is 4.09. The number of nitrogen functional groups attached to an aromatic ring is 1. The Morgan fingerprint density at radius 2 is 2.25 bits per heavy atom. The van der Waals surface area contributed by atoms with Crippen LogP contribution in [0.5, 0.6) is 0 Å². The molecule has 5 heteroatoms. The number of anilines is 1. The van der Waals surface area contributed by atoms with Crippen molar-refractivity contribution >= 4 is 11.6 Å². The minimum Gasteiger partial charge on any atom is -0.396 e. The molecule has 0 saturated carbocycles. The van der Waals surface area contributed by atoms with E-state index in [1.165, 1.54) is 18.2 Å². The Labute approximate surface area is 92.5 Å². The van der Waals surface area contributed by atoms with Crippen molar-refractivity contribution in [3.05, 3.63) is 29.6 Å². The first-order chi connectivity index (χ1) is 7.61. The summed E-state index contributed by atoms with van der Waals surface area (Å²) >= 11 is 0. The van der Waals surface area contributed by atoms with Gasteiger partial charge < -0.3 is 15.7 Å². The molecule has 1 aliphatic rings. The molecule has 0 atom stereocenters. The monoisotopic (exact) mass is 224 g/mol. The fourth-order valence-corrected chi connectivity index (χ4v) is 1.71. The second-order valence-corrected chi connectivity index (χ2v) is 4.00. The van der Waals surface area contributed by atoms with Crippen molar-refractivity contribution in [2.45, 2.75) is 0 Å². The number of hydrogen-bond acceptors (Lipinski definition) is 3. The molecule has 1 aliphatic heterocycles. The number of aliphatic hydroxyl groups excluding tert-OH is 1. The molecule has 0 aliphatic carbocycles. The van der Waals surface area contributed by atoms with Crippen molar-refractivity contribution in [2.75, 3.05) is 25.4 Å². The van der Waals surface area contributed by atoms with E-state index in [1.54, 1.807) is 4.90 Å². The fraction of sp³-hybridized carbons (Fsp3) is 0.364. The molecule has 0 aromatic heterocycles. The number of amides is 1. The summed E-state index contributed by atoms with van der Waals surface area (Å²) in [7, 11) is 0. The van der Waals surface area contributed by atoms with Crippen LogP contribution in [-0.2, 0) is 0 Å². The predicted molar refractivity (Wildman–Crippen MR) is 57.3 cm³/mol. The second-order valence-electron chi connectivity index (χ2n) is 4.00. The molecule has 86 valence electrons. The molecular weight excluding hydrogens is 211 g/mol. The summed E-state index contributed by atoms with van der Waals surface area (Å²) in [6, 6.07) is 3.94. The first-order valence-corrected chi connectivity index (χ1v) is 5.07. The molecule has 0 bridgehead atoms. The molecule has 0 unspecified atom stereocenters. The van der Waals surface area contributed by atoms with Crippen LogP contribution in [0.1, 0.15) is 10.4 Å². The molecule has 16 heavy (non-hydrogen) atoms. The van der Waals surface area contributed by atoms with Crippen LogP contribution in [0.4, 0.5) is 10.1 Å². The van der Waals surface area contributed by atoms with Gasteiger partial charge in [-0.15, -0.1) is 0 Å². The molecule has 4 nitrogen and oxygen atoms in total. The maximum Gasteiger partial charge on any atom is 0.253 e. The van der Waals surface area contributed by atoms with Gasteiger partial charge in [0.05, 0.1) is 5.69 Å². The highest BCUT2D eigenvalue weighted by molar-refractivity contribution is 5.95. The quantitative estimate of drug-likeness (QED) is 0.718. The van der Waals surface area contributed by atoms with Crippen molar-refractivity contribution in [2.24, 2.45) is 5.92 Å². The first-order valence-electron chi connectivity index (χ1n) is 5.07. The average Bonchev–Trinajstić information content (AvgIpc) is 2.20. The van der Waals surface area contributed by atoms with Gasteiger partial charge in [0.15, 0.2) is 0 Å². The molecule has 3 N–H and O–H groups in total. The Hall–Kier alpha value is -1.62. The Bertz CT molecular complexity index is 416. The van der Waals surface area contributed by atoms with Crippen LogP contribution in [0.25, 0.3) is 0 Å². The maximum atomic E-state index is 12.9. The Morgan fingerprint density at radius 3 is 2.81 bits per heavy atom. The van der Waals surface area contributed by atoms with Crippen molar-refractivity contribution in [1.82, 2.24) is 4.90 Å². The number of hydrogen-bond donors (Lipinski definition) is 2. The zero-order valence-corrected chi connectivity index (χ0v) is 8.69. The van der Waals surface area contributed by atoms with E-state index in [0.29, 0.717) is 18.7 Å². The van der Waals surface area contributed by atoms with Gasteiger partial charge in [0.2, 0.25) is 0 Å². The van der Waals surface area contributed by atoms with Crippen LogP contribution >= 0.6 is 0 Å². The third kappa shape index (κ3) is 1.86. The van der Waals surface area contributed by atoms with Crippen LogP contribution in [0.15, 0.2) is 18.2 Å². The van der Waals surface area contributed by atoms with Crippen molar-refractivity contribution in [1.29, 1.82) is 0 Å². The van der Waals surface area contributed by atoms with Gasteiger partial charge in [0.1, 0.15) is 5.82 Å². The summed E-state index contributed by atoms with van der Waals surface area (Å²) in [5, 5.41) is 8.83. The van der Waals surface area contributed by atoms with Gasteiger partial charge in [0, 0.05) is 31.2 Å². The van der Waals surface area contributed by atoms with Gasteiger partial charge in [0.25, 0.3) is 5.91 Å². The third-order valence-electron chi connectivity index (χ3n) is 2.75. The van der Waals surface area contributed by atoms with Gasteiger partial charge >= 0.3 is 0 Å². The smallest absolute Gasteiger partial charge is 0.253 e. The van der Waals surface area contributed by atoms with E-state index in [9.17, 15) is 9.18 Å². The Kier molecular flexibility index (Phi) is 2.78. The van der Waals surface area contributed by atoms with Crippen LogP contribution in [-0.4, -0.2) is 35.6 Å². The van der Waals surface area contributed by atoms with Crippen LogP contribution in [0.2, 0.25) is 0 Å². The summed E-state index contributed by atoms with van der Waals surface area (Å²) in [6.45, 7) is 1.19. The molecule has 1 fully saturated rings. The zero-order chi connectivity index (χ0) is 11.7. The molecule has 1 aromatic carbocycles.